The number of ether oxygens (including phenoxy) is 1. The molecule has 0 aromatic rings. The summed E-state index contributed by atoms with van der Waals surface area (Å²) in [5.74, 6) is -0.717. The van der Waals surface area contributed by atoms with Crippen molar-refractivity contribution in [1.29, 1.82) is 0 Å². The second-order valence-electron chi connectivity index (χ2n) is 6.99. The summed E-state index contributed by atoms with van der Waals surface area (Å²) in [6.07, 6.45) is 9.10. The molecular formula is C16H28N2O3. The summed E-state index contributed by atoms with van der Waals surface area (Å²) < 4.78 is 6.40. The van der Waals surface area contributed by atoms with Gasteiger partial charge in [0.05, 0.1) is 18.2 Å². The first kappa shape index (κ1) is 15.3. The van der Waals surface area contributed by atoms with E-state index in [1.165, 1.54) is 38.5 Å². The van der Waals surface area contributed by atoms with Crippen LogP contribution in [0.25, 0.3) is 0 Å². The van der Waals surface area contributed by atoms with Crippen molar-refractivity contribution in [1.82, 2.24) is 9.80 Å². The van der Waals surface area contributed by atoms with Crippen LogP contribution in [-0.4, -0.2) is 71.8 Å². The highest BCUT2D eigenvalue weighted by Crippen LogP contribution is 2.43. The molecule has 3 aliphatic rings. The van der Waals surface area contributed by atoms with Crippen LogP contribution in [0.1, 0.15) is 44.9 Å². The smallest absolute Gasteiger partial charge is 0.317 e. The van der Waals surface area contributed by atoms with Crippen LogP contribution < -0.4 is 0 Å². The lowest BCUT2D eigenvalue weighted by molar-refractivity contribution is -0.138. The zero-order valence-corrected chi connectivity index (χ0v) is 12.9. The van der Waals surface area contributed by atoms with Crippen LogP contribution in [0, 0.1) is 0 Å². The third-order valence-electron chi connectivity index (χ3n) is 5.36. The van der Waals surface area contributed by atoms with E-state index in [4.69, 9.17) is 9.84 Å². The Balaban J connectivity index is 1.44. The molecule has 2 heterocycles. The van der Waals surface area contributed by atoms with Gasteiger partial charge in [-0.15, -0.1) is 0 Å². The Hall–Kier alpha value is -0.650. The normalized spacial score (nSPS) is 30.8. The quantitative estimate of drug-likeness (QED) is 0.853. The fraction of sp³-hybridized carbons (Fsp3) is 0.938. The van der Waals surface area contributed by atoms with Gasteiger partial charge in [-0.25, -0.2) is 0 Å². The first-order chi connectivity index (χ1) is 10.2. The monoisotopic (exact) mass is 296 g/mol. The lowest BCUT2D eigenvalue weighted by Gasteiger charge is -2.27. The molecule has 5 heteroatoms. The van der Waals surface area contributed by atoms with Crippen LogP contribution >= 0.6 is 0 Å². The highest BCUT2D eigenvalue weighted by molar-refractivity contribution is 5.69. The highest BCUT2D eigenvalue weighted by Gasteiger charge is 2.42. The summed E-state index contributed by atoms with van der Waals surface area (Å²) in [6.45, 7) is 5.02. The van der Waals surface area contributed by atoms with Gasteiger partial charge in [0.15, 0.2) is 0 Å². The predicted molar refractivity (Wildman–Crippen MR) is 80.4 cm³/mol. The second-order valence-corrected chi connectivity index (χ2v) is 6.99. The van der Waals surface area contributed by atoms with E-state index in [0.29, 0.717) is 6.10 Å². The molecule has 0 aromatic carbocycles. The minimum atomic E-state index is -0.717. The summed E-state index contributed by atoms with van der Waals surface area (Å²) in [6, 6.07) is 0. The molecule has 21 heavy (non-hydrogen) atoms. The highest BCUT2D eigenvalue weighted by atomic mass is 16.5. The van der Waals surface area contributed by atoms with Gasteiger partial charge >= 0.3 is 5.97 Å². The average Bonchev–Trinajstić information content (AvgIpc) is 2.99. The van der Waals surface area contributed by atoms with Gasteiger partial charge in [-0.2, -0.15) is 0 Å². The minimum Gasteiger partial charge on any atom is -0.480 e. The van der Waals surface area contributed by atoms with E-state index in [1.807, 2.05) is 0 Å². The van der Waals surface area contributed by atoms with Gasteiger partial charge in [0.2, 0.25) is 0 Å². The zero-order valence-electron chi connectivity index (χ0n) is 12.9. The van der Waals surface area contributed by atoms with Crippen LogP contribution in [-0.2, 0) is 9.53 Å². The maximum Gasteiger partial charge on any atom is 0.317 e. The van der Waals surface area contributed by atoms with E-state index in [1.54, 1.807) is 0 Å². The molecule has 0 amide bonds. The van der Waals surface area contributed by atoms with Crippen molar-refractivity contribution in [3.8, 4) is 0 Å². The molecule has 1 unspecified atom stereocenters. The predicted octanol–water partition coefficient (Wildman–Crippen LogP) is 1.57. The van der Waals surface area contributed by atoms with Crippen molar-refractivity contribution < 1.29 is 14.6 Å². The molecule has 0 bridgehead atoms. The molecule has 1 saturated carbocycles. The third-order valence-corrected chi connectivity index (χ3v) is 5.36. The molecule has 2 aliphatic heterocycles. The van der Waals surface area contributed by atoms with E-state index in [0.717, 1.165) is 39.1 Å². The molecular weight excluding hydrogens is 268 g/mol. The Bertz CT molecular complexity index is 369. The molecule has 1 spiro atoms. The molecule has 1 atom stereocenters. The molecule has 120 valence electrons. The molecule has 1 N–H and O–H groups in total. The van der Waals surface area contributed by atoms with Crippen LogP contribution in [0.5, 0.6) is 0 Å². The molecule has 5 nitrogen and oxygen atoms in total. The number of hydrogen-bond acceptors (Lipinski definition) is 4. The Kier molecular flexibility index (Phi) is 4.82. The first-order valence-electron chi connectivity index (χ1n) is 8.50. The molecule has 0 radical (unpaired) electrons. The number of aliphatic carboxylic acids is 1. The number of hydrogen-bond donors (Lipinski definition) is 1. The largest absolute Gasteiger partial charge is 0.480 e. The second kappa shape index (κ2) is 6.63. The molecule has 1 aliphatic carbocycles. The van der Waals surface area contributed by atoms with Crippen molar-refractivity contribution in [2.75, 3.05) is 39.3 Å². The Morgan fingerprint density at radius 1 is 1.05 bits per heavy atom. The maximum absolute atomic E-state index is 10.8. The molecule has 0 aromatic heterocycles. The van der Waals surface area contributed by atoms with E-state index in [2.05, 4.69) is 9.80 Å². The van der Waals surface area contributed by atoms with E-state index < -0.39 is 5.97 Å². The van der Waals surface area contributed by atoms with Crippen molar-refractivity contribution in [2.45, 2.75) is 56.7 Å². The summed E-state index contributed by atoms with van der Waals surface area (Å²) in [7, 11) is 0. The fourth-order valence-corrected chi connectivity index (χ4v) is 4.26. The van der Waals surface area contributed by atoms with Gasteiger partial charge < -0.3 is 9.84 Å². The lowest BCUT2D eigenvalue weighted by Crippen LogP contribution is -2.38. The van der Waals surface area contributed by atoms with Gasteiger partial charge in [0.25, 0.3) is 0 Å². The van der Waals surface area contributed by atoms with E-state index in [-0.39, 0.29) is 12.1 Å². The van der Waals surface area contributed by atoms with Gasteiger partial charge in [-0.3, -0.25) is 14.6 Å². The summed E-state index contributed by atoms with van der Waals surface area (Å²) in [4.78, 5) is 15.3. The van der Waals surface area contributed by atoms with Gasteiger partial charge in [-0.1, -0.05) is 12.8 Å². The van der Waals surface area contributed by atoms with Gasteiger partial charge in [0, 0.05) is 26.2 Å². The van der Waals surface area contributed by atoms with E-state index >= 15 is 0 Å². The minimum absolute atomic E-state index is 0.177. The summed E-state index contributed by atoms with van der Waals surface area (Å²) >= 11 is 0. The number of carboxylic acid groups (broad SMARTS) is 1. The lowest BCUT2D eigenvalue weighted by atomic mass is 9.98. The first-order valence-corrected chi connectivity index (χ1v) is 8.50. The number of nitrogens with zero attached hydrogens (tertiary/aromatic N) is 2. The van der Waals surface area contributed by atoms with Crippen LogP contribution in [0.3, 0.4) is 0 Å². The molecule has 2 saturated heterocycles. The molecule has 3 fully saturated rings. The SMILES string of the molecule is O=C(O)CN1CCCN(CC2CCC3(CCCC3)O2)CC1. The van der Waals surface area contributed by atoms with Crippen LogP contribution in [0.2, 0.25) is 0 Å². The number of carbonyl (C=O) groups is 1. The Labute approximate surface area is 127 Å². The average molecular weight is 296 g/mol. The number of rotatable bonds is 4. The maximum atomic E-state index is 10.8. The van der Waals surface area contributed by atoms with Crippen LogP contribution in [0.15, 0.2) is 0 Å². The topological polar surface area (TPSA) is 53.0 Å². The van der Waals surface area contributed by atoms with Crippen molar-refractivity contribution in [3.05, 3.63) is 0 Å². The summed E-state index contributed by atoms with van der Waals surface area (Å²) in [5.41, 5.74) is 0.228. The third kappa shape index (κ3) is 3.96. The van der Waals surface area contributed by atoms with Crippen LogP contribution in [0.4, 0.5) is 0 Å². The summed E-state index contributed by atoms with van der Waals surface area (Å²) in [5, 5.41) is 8.90. The zero-order chi connectivity index (χ0) is 14.7. The van der Waals surface area contributed by atoms with Gasteiger partial charge in [0.1, 0.15) is 0 Å². The fourth-order valence-electron chi connectivity index (χ4n) is 4.26. The standard InChI is InChI=1S/C16H28N2O3/c19-15(20)13-18-9-3-8-17(10-11-18)12-14-4-7-16(21-14)5-1-2-6-16/h14H,1-13H2,(H,19,20). The Morgan fingerprint density at radius 3 is 2.52 bits per heavy atom. The van der Waals surface area contributed by atoms with Crippen molar-refractivity contribution >= 4 is 5.97 Å². The Morgan fingerprint density at radius 2 is 1.76 bits per heavy atom. The van der Waals surface area contributed by atoms with Crippen molar-refractivity contribution in [2.24, 2.45) is 0 Å². The van der Waals surface area contributed by atoms with E-state index in [9.17, 15) is 4.79 Å². The number of carboxylic acids is 1. The molecule has 3 rings (SSSR count). The van der Waals surface area contributed by atoms with Crippen molar-refractivity contribution in [3.63, 3.8) is 0 Å². The van der Waals surface area contributed by atoms with Gasteiger partial charge in [-0.05, 0) is 38.6 Å².